The van der Waals surface area contributed by atoms with E-state index < -0.39 is 8.07 Å². The van der Waals surface area contributed by atoms with Crippen molar-refractivity contribution in [2.45, 2.75) is 51.4 Å². The van der Waals surface area contributed by atoms with Crippen molar-refractivity contribution in [2.24, 2.45) is 5.92 Å². The zero-order chi connectivity index (χ0) is 12.2. The Labute approximate surface area is 100 Å². The molecule has 0 bridgehead atoms. The number of esters is 1. The molecule has 16 heavy (non-hydrogen) atoms. The number of ether oxygens (including phenoxy) is 1. The number of hydrogen-bond acceptors (Lipinski definition) is 2. The van der Waals surface area contributed by atoms with Crippen LogP contribution in [0.5, 0.6) is 0 Å². The van der Waals surface area contributed by atoms with Crippen LogP contribution in [0.1, 0.15) is 25.7 Å². The van der Waals surface area contributed by atoms with Crippen LogP contribution < -0.4 is 0 Å². The molecule has 0 aliphatic heterocycles. The highest BCUT2D eigenvalue weighted by Gasteiger charge is 2.24. The zero-order valence-electron chi connectivity index (χ0n) is 10.8. The Morgan fingerprint density at radius 2 is 2.19 bits per heavy atom. The Kier molecular flexibility index (Phi) is 4.78. The first-order valence-corrected chi connectivity index (χ1v) is 9.92. The fraction of sp³-hybridized carbons (Fsp3) is 0.769. The summed E-state index contributed by atoms with van der Waals surface area (Å²) >= 11 is 0. The Bertz CT molecular complexity index is 266. The largest absolute Gasteiger partial charge is 0.466 e. The Balaban J connectivity index is 2.27. The van der Waals surface area contributed by atoms with Crippen LogP contribution in [0.25, 0.3) is 0 Å². The molecule has 1 aliphatic rings. The van der Waals surface area contributed by atoms with Crippen LogP contribution in [0.4, 0.5) is 0 Å². The van der Waals surface area contributed by atoms with Crippen LogP contribution >= 0.6 is 0 Å². The standard InChI is InChI=1S/C13H24O2Si/c1-11-6-5-7-12(10-11)13(14)15-8-9-16(2,3)4/h12H,1,5-10H2,2-4H3. The molecule has 0 radical (unpaired) electrons. The van der Waals surface area contributed by atoms with E-state index in [1.165, 1.54) is 5.57 Å². The minimum Gasteiger partial charge on any atom is -0.466 e. The van der Waals surface area contributed by atoms with Gasteiger partial charge >= 0.3 is 5.97 Å². The van der Waals surface area contributed by atoms with E-state index in [1.807, 2.05) is 0 Å². The number of rotatable bonds is 4. The SMILES string of the molecule is C=C1CCCC(C(=O)OCC[Si](C)(C)C)C1. The Hall–Kier alpha value is -0.573. The van der Waals surface area contributed by atoms with E-state index >= 15 is 0 Å². The van der Waals surface area contributed by atoms with Crippen molar-refractivity contribution in [2.75, 3.05) is 6.61 Å². The third kappa shape index (κ3) is 4.97. The third-order valence-corrected chi connectivity index (χ3v) is 4.75. The van der Waals surface area contributed by atoms with Gasteiger partial charge in [-0.2, -0.15) is 0 Å². The predicted molar refractivity (Wildman–Crippen MR) is 70.2 cm³/mol. The number of carbonyl (C=O) groups is 1. The summed E-state index contributed by atoms with van der Waals surface area (Å²) in [6.45, 7) is 11.5. The molecular weight excluding hydrogens is 216 g/mol. The maximum Gasteiger partial charge on any atom is 0.309 e. The van der Waals surface area contributed by atoms with E-state index in [1.54, 1.807) is 0 Å². The van der Waals surface area contributed by atoms with Gasteiger partial charge in [-0.15, -0.1) is 0 Å². The molecule has 2 nitrogen and oxygen atoms in total. The van der Waals surface area contributed by atoms with E-state index in [-0.39, 0.29) is 11.9 Å². The van der Waals surface area contributed by atoms with Gasteiger partial charge in [0, 0.05) is 8.07 Å². The fourth-order valence-electron chi connectivity index (χ4n) is 1.93. The van der Waals surface area contributed by atoms with Gasteiger partial charge < -0.3 is 4.74 Å². The van der Waals surface area contributed by atoms with E-state index in [2.05, 4.69) is 26.2 Å². The summed E-state index contributed by atoms with van der Waals surface area (Å²) in [5, 5.41) is 0. The monoisotopic (exact) mass is 240 g/mol. The second-order valence-corrected chi connectivity index (χ2v) is 11.6. The molecule has 0 aromatic rings. The van der Waals surface area contributed by atoms with Gasteiger partial charge in [0.25, 0.3) is 0 Å². The lowest BCUT2D eigenvalue weighted by Gasteiger charge is -2.23. The highest BCUT2D eigenvalue weighted by atomic mass is 28.3. The van der Waals surface area contributed by atoms with Gasteiger partial charge in [0.2, 0.25) is 0 Å². The first-order valence-electron chi connectivity index (χ1n) is 6.22. The summed E-state index contributed by atoms with van der Waals surface area (Å²) in [6.07, 6.45) is 3.99. The molecule has 1 aliphatic carbocycles. The number of hydrogen-bond donors (Lipinski definition) is 0. The molecule has 0 aromatic carbocycles. The van der Waals surface area contributed by atoms with Gasteiger partial charge in [-0.05, 0) is 31.7 Å². The van der Waals surface area contributed by atoms with E-state index in [9.17, 15) is 4.79 Å². The highest BCUT2D eigenvalue weighted by Crippen LogP contribution is 2.28. The van der Waals surface area contributed by atoms with Crippen molar-refractivity contribution in [1.29, 1.82) is 0 Å². The maximum atomic E-state index is 11.8. The highest BCUT2D eigenvalue weighted by molar-refractivity contribution is 6.76. The van der Waals surface area contributed by atoms with Crippen LogP contribution in [-0.4, -0.2) is 20.7 Å². The molecular formula is C13H24O2Si. The van der Waals surface area contributed by atoms with Gasteiger partial charge in [-0.25, -0.2) is 0 Å². The molecule has 92 valence electrons. The van der Waals surface area contributed by atoms with Gasteiger partial charge in [0.05, 0.1) is 12.5 Å². The summed E-state index contributed by atoms with van der Waals surface area (Å²) in [5.74, 6) is 0.0852. The summed E-state index contributed by atoms with van der Waals surface area (Å²) in [5.41, 5.74) is 1.21. The van der Waals surface area contributed by atoms with E-state index in [0.29, 0.717) is 6.61 Å². The minimum absolute atomic E-state index is 0.000833. The van der Waals surface area contributed by atoms with E-state index in [0.717, 1.165) is 31.7 Å². The van der Waals surface area contributed by atoms with Crippen molar-refractivity contribution in [3.63, 3.8) is 0 Å². The van der Waals surface area contributed by atoms with Gasteiger partial charge in [-0.1, -0.05) is 31.8 Å². The molecule has 0 aromatic heterocycles. The van der Waals surface area contributed by atoms with Crippen LogP contribution in [0.2, 0.25) is 25.7 Å². The maximum absolute atomic E-state index is 11.8. The van der Waals surface area contributed by atoms with Crippen molar-refractivity contribution >= 4 is 14.0 Å². The fourth-order valence-corrected chi connectivity index (χ4v) is 2.64. The van der Waals surface area contributed by atoms with E-state index in [4.69, 9.17) is 4.74 Å². The molecule has 1 fully saturated rings. The first kappa shape index (κ1) is 13.5. The normalized spacial score (nSPS) is 21.9. The molecule has 1 unspecified atom stereocenters. The average Bonchev–Trinajstić information content (AvgIpc) is 2.15. The molecule has 1 atom stereocenters. The minimum atomic E-state index is -1.08. The molecule has 1 saturated carbocycles. The third-order valence-electron chi connectivity index (χ3n) is 3.05. The van der Waals surface area contributed by atoms with Crippen LogP contribution in [-0.2, 0) is 9.53 Å². The molecule has 3 heteroatoms. The molecule has 0 amide bonds. The quantitative estimate of drug-likeness (QED) is 0.426. The molecule has 0 spiro atoms. The Morgan fingerprint density at radius 3 is 2.75 bits per heavy atom. The number of allylic oxidation sites excluding steroid dienone is 1. The lowest BCUT2D eigenvalue weighted by molar-refractivity contribution is -0.148. The van der Waals surface area contributed by atoms with Gasteiger partial charge in [0.15, 0.2) is 0 Å². The van der Waals surface area contributed by atoms with Crippen LogP contribution in [0.15, 0.2) is 12.2 Å². The molecule has 0 N–H and O–H groups in total. The average molecular weight is 240 g/mol. The second-order valence-electron chi connectivity index (χ2n) is 6.02. The summed E-state index contributed by atoms with van der Waals surface area (Å²) < 4.78 is 5.36. The molecule has 1 rings (SSSR count). The van der Waals surface area contributed by atoms with Gasteiger partial charge in [-0.3, -0.25) is 4.79 Å². The molecule has 0 saturated heterocycles. The van der Waals surface area contributed by atoms with Gasteiger partial charge in [0.1, 0.15) is 0 Å². The van der Waals surface area contributed by atoms with Crippen molar-refractivity contribution in [3.8, 4) is 0 Å². The molecule has 0 heterocycles. The van der Waals surface area contributed by atoms with Crippen LogP contribution in [0, 0.1) is 5.92 Å². The summed E-state index contributed by atoms with van der Waals surface area (Å²) in [6, 6.07) is 1.06. The van der Waals surface area contributed by atoms with Crippen molar-refractivity contribution in [3.05, 3.63) is 12.2 Å². The topological polar surface area (TPSA) is 26.3 Å². The second kappa shape index (κ2) is 5.67. The summed E-state index contributed by atoms with van der Waals surface area (Å²) in [4.78, 5) is 11.8. The van der Waals surface area contributed by atoms with Crippen molar-refractivity contribution < 1.29 is 9.53 Å². The predicted octanol–water partition coefficient (Wildman–Crippen LogP) is 3.61. The lowest BCUT2D eigenvalue weighted by Crippen LogP contribution is -2.26. The van der Waals surface area contributed by atoms with Crippen molar-refractivity contribution in [1.82, 2.24) is 0 Å². The number of carbonyl (C=O) groups excluding carboxylic acids is 1. The smallest absolute Gasteiger partial charge is 0.309 e. The first-order chi connectivity index (χ1) is 7.38. The lowest BCUT2D eigenvalue weighted by atomic mass is 9.86. The van der Waals surface area contributed by atoms with Crippen LogP contribution in [0.3, 0.4) is 0 Å². The Morgan fingerprint density at radius 1 is 1.50 bits per heavy atom. The summed E-state index contributed by atoms with van der Waals surface area (Å²) in [7, 11) is -1.08. The zero-order valence-corrected chi connectivity index (χ0v) is 11.8.